The first-order valence-electron chi connectivity index (χ1n) is 8.24. The van der Waals surface area contributed by atoms with E-state index in [0.717, 1.165) is 11.3 Å². The molecule has 3 aromatic rings. The van der Waals surface area contributed by atoms with Crippen molar-refractivity contribution in [1.82, 2.24) is 15.2 Å². The van der Waals surface area contributed by atoms with E-state index in [1.165, 1.54) is 17.4 Å². The lowest BCUT2D eigenvalue weighted by Gasteiger charge is -2.22. The molecule has 0 saturated heterocycles. The van der Waals surface area contributed by atoms with Gasteiger partial charge < -0.3 is 14.6 Å². The van der Waals surface area contributed by atoms with Crippen molar-refractivity contribution in [3.63, 3.8) is 0 Å². The lowest BCUT2D eigenvalue weighted by molar-refractivity contribution is -0.122. The molecule has 0 atom stereocenters. The fourth-order valence-electron chi connectivity index (χ4n) is 2.49. The van der Waals surface area contributed by atoms with Gasteiger partial charge in [-0.1, -0.05) is 36.4 Å². The second-order valence-electron chi connectivity index (χ2n) is 5.76. The predicted octanol–water partition coefficient (Wildman–Crippen LogP) is 2.63. The molecule has 0 aliphatic carbocycles. The minimum atomic E-state index is -0.254. The quantitative estimate of drug-likeness (QED) is 0.711. The first kappa shape index (κ1) is 17.4. The van der Waals surface area contributed by atoms with Gasteiger partial charge in [0.05, 0.1) is 24.1 Å². The maximum atomic E-state index is 12.7. The van der Waals surface area contributed by atoms with Crippen LogP contribution in [0, 0.1) is 0 Å². The van der Waals surface area contributed by atoms with Gasteiger partial charge in [0.2, 0.25) is 5.91 Å². The molecular formula is C20H19N3O3. The van der Waals surface area contributed by atoms with E-state index in [2.05, 4.69) is 10.3 Å². The lowest BCUT2D eigenvalue weighted by Crippen LogP contribution is -2.40. The lowest BCUT2D eigenvalue weighted by atomic mass is 10.2. The van der Waals surface area contributed by atoms with E-state index in [1.807, 2.05) is 48.5 Å². The van der Waals surface area contributed by atoms with E-state index >= 15 is 0 Å². The molecule has 0 radical (unpaired) electrons. The van der Waals surface area contributed by atoms with Gasteiger partial charge in [-0.3, -0.25) is 14.6 Å². The van der Waals surface area contributed by atoms with Crippen molar-refractivity contribution in [2.75, 3.05) is 6.54 Å². The zero-order valence-electron chi connectivity index (χ0n) is 14.2. The predicted molar refractivity (Wildman–Crippen MR) is 96.0 cm³/mol. The summed E-state index contributed by atoms with van der Waals surface area (Å²) in [6.07, 6.45) is 4.49. The highest BCUT2D eigenvalue weighted by atomic mass is 16.3. The molecule has 2 heterocycles. The second kappa shape index (κ2) is 8.62. The summed E-state index contributed by atoms with van der Waals surface area (Å²) in [6.45, 7) is 0.604. The van der Waals surface area contributed by atoms with E-state index in [4.69, 9.17) is 4.42 Å². The van der Waals surface area contributed by atoms with Gasteiger partial charge in [-0.2, -0.15) is 0 Å². The van der Waals surface area contributed by atoms with Crippen molar-refractivity contribution in [2.45, 2.75) is 13.1 Å². The minimum absolute atomic E-state index is 0.0499. The smallest absolute Gasteiger partial charge is 0.257 e. The Labute approximate surface area is 151 Å². The number of carbonyl (C=O) groups excluding carboxylic acids is 2. The van der Waals surface area contributed by atoms with Crippen LogP contribution >= 0.6 is 0 Å². The number of hydrogen-bond donors (Lipinski definition) is 1. The molecule has 6 nitrogen and oxygen atoms in total. The van der Waals surface area contributed by atoms with Gasteiger partial charge in [-0.25, -0.2) is 0 Å². The average molecular weight is 349 g/mol. The zero-order chi connectivity index (χ0) is 18.2. The monoisotopic (exact) mass is 349 g/mol. The van der Waals surface area contributed by atoms with E-state index in [1.54, 1.807) is 12.3 Å². The summed E-state index contributed by atoms with van der Waals surface area (Å²) in [6, 6.07) is 16.6. The SMILES string of the molecule is O=C(CN(Cc1ccccc1)C(=O)c1ccoc1)NCc1ccccn1. The molecule has 0 saturated carbocycles. The van der Waals surface area contributed by atoms with Crippen molar-refractivity contribution in [3.8, 4) is 0 Å². The summed E-state index contributed by atoms with van der Waals surface area (Å²) < 4.78 is 4.99. The summed E-state index contributed by atoms with van der Waals surface area (Å²) in [7, 11) is 0. The van der Waals surface area contributed by atoms with Gasteiger partial charge in [-0.05, 0) is 23.8 Å². The van der Waals surface area contributed by atoms with Crippen LogP contribution in [0.5, 0.6) is 0 Å². The van der Waals surface area contributed by atoms with Crippen LogP contribution in [0.15, 0.2) is 77.7 Å². The second-order valence-corrected chi connectivity index (χ2v) is 5.76. The maximum Gasteiger partial charge on any atom is 0.257 e. The number of hydrogen-bond acceptors (Lipinski definition) is 4. The Kier molecular flexibility index (Phi) is 5.77. The van der Waals surface area contributed by atoms with Crippen molar-refractivity contribution in [2.24, 2.45) is 0 Å². The molecule has 6 heteroatoms. The van der Waals surface area contributed by atoms with Crippen LogP contribution in [0.2, 0.25) is 0 Å². The van der Waals surface area contributed by atoms with Gasteiger partial charge in [0, 0.05) is 12.7 Å². The molecule has 132 valence electrons. The number of furan rings is 1. The number of pyridine rings is 1. The topological polar surface area (TPSA) is 75.4 Å². The number of nitrogens with one attached hydrogen (secondary N) is 1. The molecule has 0 fully saturated rings. The summed E-state index contributed by atoms with van der Waals surface area (Å²) in [5.74, 6) is -0.501. The summed E-state index contributed by atoms with van der Waals surface area (Å²) >= 11 is 0. The van der Waals surface area contributed by atoms with Crippen molar-refractivity contribution >= 4 is 11.8 Å². The molecule has 1 N–H and O–H groups in total. The van der Waals surface area contributed by atoms with Crippen molar-refractivity contribution in [1.29, 1.82) is 0 Å². The zero-order valence-corrected chi connectivity index (χ0v) is 14.2. The Hall–Kier alpha value is -3.41. The highest BCUT2D eigenvalue weighted by Gasteiger charge is 2.20. The molecule has 1 aromatic carbocycles. The van der Waals surface area contributed by atoms with Crippen LogP contribution < -0.4 is 5.32 Å². The molecule has 0 aliphatic heterocycles. The van der Waals surface area contributed by atoms with Crippen molar-refractivity contribution < 1.29 is 14.0 Å². The summed E-state index contributed by atoms with van der Waals surface area (Å²) in [5.41, 5.74) is 2.12. The highest BCUT2D eigenvalue weighted by molar-refractivity contribution is 5.96. The van der Waals surface area contributed by atoms with Gasteiger partial charge >= 0.3 is 0 Å². The van der Waals surface area contributed by atoms with Crippen LogP contribution in [0.3, 0.4) is 0 Å². The van der Waals surface area contributed by atoms with Crippen LogP contribution in [-0.2, 0) is 17.9 Å². The minimum Gasteiger partial charge on any atom is -0.472 e. The third-order valence-corrected chi connectivity index (χ3v) is 3.80. The third-order valence-electron chi connectivity index (χ3n) is 3.80. The van der Waals surface area contributed by atoms with Gasteiger partial charge in [0.15, 0.2) is 0 Å². The number of benzene rings is 1. The maximum absolute atomic E-state index is 12.7. The summed E-state index contributed by atoms with van der Waals surface area (Å²) in [4.78, 5) is 30.7. The third kappa shape index (κ3) is 4.80. The Bertz CT molecular complexity index is 833. The van der Waals surface area contributed by atoms with E-state index in [0.29, 0.717) is 18.7 Å². The Morgan fingerprint density at radius 1 is 1.04 bits per heavy atom. The Morgan fingerprint density at radius 2 is 1.85 bits per heavy atom. The molecule has 0 aliphatic rings. The Morgan fingerprint density at radius 3 is 2.54 bits per heavy atom. The molecule has 26 heavy (non-hydrogen) atoms. The van der Waals surface area contributed by atoms with E-state index < -0.39 is 0 Å². The number of carbonyl (C=O) groups is 2. The van der Waals surface area contributed by atoms with Crippen LogP contribution in [0.4, 0.5) is 0 Å². The molecular weight excluding hydrogens is 330 g/mol. The first-order valence-corrected chi connectivity index (χ1v) is 8.24. The van der Waals surface area contributed by atoms with Gasteiger partial charge in [-0.15, -0.1) is 0 Å². The average Bonchev–Trinajstić information content (AvgIpc) is 3.22. The van der Waals surface area contributed by atoms with Gasteiger partial charge in [0.25, 0.3) is 5.91 Å². The highest BCUT2D eigenvalue weighted by Crippen LogP contribution is 2.10. The Balaban J connectivity index is 1.66. The van der Waals surface area contributed by atoms with E-state index in [9.17, 15) is 9.59 Å². The fourth-order valence-corrected chi connectivity index (χ4v) is 2.49. The van der Waals surface area contributed by atoms with Crippen LogP contribution in [0.1, 0.15) is 21.6 Å². The van der Waals surface area contributed by atoms with Crippen LogP contribution in [0.25, 0.3) is 0 Å². The molecule has 2 aromatic heterocycles. The number of rotatable bonds is 7. The summed E-state index contributed by atoms with van der Waals surface area (Å²) in [5, 5.41) is 2.80. The fraction of sp³-hybridized carbons (Fsp3) is 0.150. The number of aromatic nitrogens is 1. The van der Waals surface area contributed by atoms with Gasteiger partial charge in [0.1, 0.15) is 12.8 Å². The number of nitrogens with zero attached hydrogens (tertiary/aromatic N) is 2. The van der Waals surface area contributed by atoms with E-state index in [-0.39, 0.29) is 18.4 Å². The normalized spacial score (nSPS) is 10.3. The standard InChI is InChI=1S/C20H19N3O3/c24-19(22-12-18-8-4-5-10-21-18)14-23(13-16-6-2-1-3-7-16)20(25)17-9-11-26-15-17/h1-11,15H,12-14H2,(H,22,24). The largest absolute Gasteiger partial charge is 0.472 e. The molecule has 0 bridgehead atoms. The number of amides is 2. The molecule has 2 amide bonds. The molecule has 0 unspecified atom stereocenters. The van der Waals surface area contributed by atoms with Crippen molar-refractivity contribution in [3.05, 3.63) is 90.1 Å². The molecule has 0 spiro atoms. The molecule has 3 rings (SSSR count). The van der Waals surface area contributed by atoms with Crippen LogP contribution in [-0.4, -0.2) is 28.2 Å². The first-order chi connectivity index (χ1) is 12.7.